The van der Waals surface area contributed by atoms with E-state index in [1.54, 1.807) is 24.3 Å². The molecule has 2 unspecified atom stereocenters. The molecule has 0 radical (unpaired) electrons. The SMILES string of the molecule is O=S(=O)(NC1CNCC1O)c1ccc(-c2ccccc2)cc1. The lowest BCUT2D eigenvalue weighted by Crippen LogP contribution is -2.42. The summed E-state index contributed by atoms with van der Waals surface area (Å²) < 4.78 is 27.2. The van der Waals surface area contributed by atoms with Crippen LogP contribution in [0.3, 0.4) is 0 Å². The van der Waals surface area contributed by atoms with Crippen LogP contribution in [0.15, 0.2) is 59.5 Å². The summed E-state index contributed by atoms with van der Waals surface area (Å²) in [6.45, 7) is 0.836. The first-order chi connectivity index (χ1) is 10.6. The summed E-state index contributed by atoms with van der Waals surface area (Å²) in [5, 5.41) is 12.7. The summed E-state index contributed by atoms with van der Waals surface area (Å²) in [4.78, 5) is 0.200. The molecule has 1 saturated heterocycles. The smallest absolute Gasteiger partial charge is 0.240 e. The number of β-amino-alcohol motifs (C(OH)–C–C–N with tert-alkyl or cyclic N) is 1. The van der Waals surface area contributed by atoms with E-state index in [4.69, 9.17) is 0 Å². The van der Waals surface area contributed by atoms with Crippen molar-refractivity contribution in [2.75, 3.05) is 13.1 Å². The van der Waals surface area contributed by atoms with Gasteiger partial charge in [-0.2, -0.15) is 0 Å². The molecule has 2 aromatic rings. The second-order valence-corrected chi connectivity index (χ2v) is 7.06. The zero-order valence-corrected chi connectivity index (χ0v) is 12.8. The van der Waals surface area contributed by atoms with E-state index < -0.39 is 22.2 Å². The average molecular weight is 318 g/mol. The maximum atomic E-state index is 12.3. The van der Waals surface area contributed by atoms with E-state index >= 15 is 0 Å². The molecule has 3 rings (SSSR count). The minimum absolute atomic E-state index is 0.200. The van der Waals surface area contributed by atoms with Gasteiger partial charge in [0, 0.05) is 13.1 Å². The van der Waals surface area contributed by atoms with Crippen molar-refractivity contribution in [3.8, 4) is 11.1 Å². The van der Waals surface area contributed by atoms with Gasteiger partial charge in [-0.05, 0) is 23.3 Å². The fourth-order valence-corrected chi connectivity index (χ4v) is 3.78. The van der Waals surface area contributed by atoms with Crippen LogP contribution in [0, 0.1) is 0 Å². The van der Waals surface area contributed by atoms with Crippen LogP contribution >= 0.6 is 0 Å². The Morgan fingerprint density at radius 2 is 1.59 bits per heavy atom. The normalized spacial score (nSPS) is 21.9. The Morgan fingerprint density at radius 1 is 0.955 bits per heavy atom. The molecule has 5 nitrogen and oxygen atoms in total. The van der Waals surface area contributed by atoms with Crippen molar-refractivity contribution in [2.45, 2.75) is 17.0 Å². The van der Waals surface area contributed by atoms with Crippen LogP contribution in [0.25, 0.3) is 11.1 Å². The van der Waals surface area contributed by atoms with E-state index in [2.05, 4.69) is 10.0 Å². The standard InChI is InChI=1S/C16H18N2O3S/c19-16-11-17-10-15(16)18-22(20,21)14-8-6-13(7-9-14)12-4-2-1-3-5-12/h1-9,15-19H,10-11H2. The van der Waals surface area contributed by atoms with Crippen LogP contribution in [-0.2, 0) is 10.0 Å². The highest BCUT2D eigenvalue weighted by molar-refractivity contribution is 7.89. The van der Waals surface area contributed by atoms with Gasteiger partial charge in [0.15, 0.2) is 0 Å². The van der Waals surface area contributed by atoms with Crippen molar-refractivity contribution in [1.82, 2.24) is 10.0 Å². The molecule has 1 aliphatic rings. The second kappa shape index (κ2) is 6.18. The van der Waals surface area contributed by atoms with Gasteiger partial charge in [0.25, 0.3) is 0 Å². The van der Waals surface area contributed by atoms with Crippen molar-refractivity contribution in [3.05, 3.63) is 54.6 Å². The highest BCUT2D eigenvalue weighted by atomic mass is 32.2. The zero-order chi connectivity index (χ0) is 15.6. The first kappa shape index (κ1) is 15.2. The van der Waals surface area contributed by atoms with E-state index in [0.717, 1.165) is 11.1 Å². The molecule has 6 heteroatoms. The van der Waals surface area contributed by atoms with E-state index in [1.807, 2.05) is 30.3 Å². The van der Waals surface area contributed by atoms with Gasteiger partial charge in [0.2, 0.25) is 10.0 Å². The van der Waals surface area contributed by atoms with Crippen molar-refractivity contribution in [2.24, 2.45) is 0 Å². The van der Waals surface area contributed by atoms with Crippen LogP contribution in [0.2, 0.25) is 0 Å². The maximum absolute atomic E-state index is 12.3. The van der Waals surface area contributed by atoms with Gasteiger partial charge in [-0.3, -0.25) is 0 Å². The predicted octanol–water partition coefficient (Wildman–Crippen LogP) is 0.965. The predicted molar refractivity (Wildman–Crippen MR) is 84.9 cm³/mol. The number of hydrogen-bond acceptors (Lipinski definition) is 4. The molecular formula is C16H18N2O3S. The highest BCUT2D eigenvalue weighted by Gasteiger charge is 2.29. The molecule has 3 N–H and O–H groups in total. The lowest BCUT2D eigenvalue weighted by Gasteiger charge is -2.15. The van der Waals surface area contributed by atoms with Crippen LogP contribution < -0.4 is 10.0 Å². The van der Waals surface area contributed by atoms with Crippen LogP contribution in [-0.4, -0.2) is 38.8 Å². The Labute approximate surface area is 130 Å². The molecule has 2 aromatic carbocycles. The molecule has 116 valence electrons. The Kier molecular flexibility index (Phi) is 4.26. The van der Waals surface area contributed by atoms with Gasteiger partial charge in [-0.15, -0.1) is 0 Å². The van der Waals surface area contributed by atoms with Crippen LogP contribution in [0.5, 0.6) is 0 Å². The van der Waals surface area contributed by atoms with Gasteiger partial charge in [0.1, 0.15) is 0 Å². The number of sulfonamides is 1. The highest BCUT2D eigenvalue weighted by Crippen LogP contribution is 2.21. The summed E-state index contributed by atoms with van der Waals surface area (Å²) in [6.07, 6.45) is -0.696. The van der Waals surface area contributed by atoms with E-state index in [0.29, 0.717) is 13.1 Å². The van der Waals surface area contributed by atoms with Crippen molar-refractivity contribution in [1.29, 1.82) is 0 Å². The summed E-state index contributed by atoms with van der Waals surface area (Å²) in [7, 11) is -3.63. The first-order valence-corrected chi connectivity index (χ1v) is 8.61. The lowest BCUT2D eigenvalue weighted by atomic mass is 10.1. The summed E-state index contributed by atoms with van der Waals surface area (Å²) in [6, 6.07) is 16.0. The fraction of sp³-hybridized carbons (Fsp3) is 0.250. The molecule has 1 aliphatic heterocycles. The van der Waals surface area contributed by atoms with E-state index in [-0.39, 0.29) is 4.90 Å². The Bertz CT molecular complexity index is 730. The van der Waals surface area contributed by atoms with Gasteiger partial charge in [0.05, 0.1) is 17.0 Å². The molecule has 22 heavy (non-hydrogen) atoms. The molecule has 1 heterocycles. The summed E-state index contributed by atoms with van der Waals surface area (Å²) in [5.41, 5.74) is 2.00. The first-order valence-electron chi connectivity index (χ1n) is 7.13. The number of benzene rings is 2. The van der Waals surface area contributed by atoms with Crippen molar-refractivity contribution in [3.63, 3.8) is 0 Å². The third-order valence-corrected chi connectivity index (χ3v) is 5.27. The van der Waals surface area contributed by atoms with Crippen molar-refractivity contribution < 1.29 is 13.5 Å². The Balaban J connectivity index is 1.80. The molecule has 2 atom stereocenters. The molecule has 1 fully saturated rings. The monoisotopic (exact) mass is 318 g/mol. The van der Waals surface area contributed by atoms with Crippen LogP contribution in [0.1, 0.15) is 0 Å². The Morgan fingerprint density at radius 3 is 2.18 bits per heavy atom. The average Bonchev–Trinajstić information content (AvgIpc) is 2.93. The lowest BCUT2D eigenvalue weighted by molar-refractivity contribution is 0.173. The molecule has 0 bridgehead atoms. The molecular weight excluding hydrogens is 300 g/mol. The molecule has 0 aliphatic carbocycles. The third-order valence-electron chi connectivity index (χ3n) is 3.76. The summed E-state index contributed by atoms with van der Waals surface area (Å²) in [5.74, 6) is 0. The quantitative estimate of drug-likeness (QED) is 0.785. The molecule has 0 saturated carbocycles. The number of rotatable bonds is 4. The van der Waals surface area contributed by atoms with Crippen LogP contribution in [0.4, 0.5) is 0 Å². The Hall–Kier alpha value is -1.73. The van der Waals surface area contributed by atoms with Gasteiger partial charge >= 0.3 is 0 Å². The molecule has 0 amide bonds. The van der Waals surface area contributed by atoms with Gasteiger partial charge in [-0.1, -0.05) is 42.5 Å². The fourth-order valence-electron chi connectivity index (χ4n) is 2.51. The molecule has 0 spiro atoms. The number of aliphatic hydroxyl groups is 1. The maximum Gasteiger partial charge on any atom is 0.240 e. The topological polar surface area (TPSA) is 78.4 Å². The minimum atomic E-state index is -3.63. The van der Waals surface area contributed by atoms with Crippen molar-refractivity contribution >= 4 is 10.0 Å². The largest absolute Gasteiger partial charge is 0.390 e. The summed E-state index contributed by atoms with van der Waals surface area (Å²) >= 11 is 0. The van der Waals surface area contributed by atoms with Gasteiger partial charge in [-0.25, -0.2) is 13.1 Å². The number of nitrogens with one attached hydrogen (secondary N) is 2. The number of hydrogen-bond donors (Lipinski definition) is 3. The van der Waals surface area contributed by atoms with E-state index in [9.17, 15) is 13.5 Å². The van der Waals surface area contributed by atoms with E-state index in [1.165, 1.54) is 0 Å². The third kappa shape index (κ3) is 3.20. The zero-order valence-electron chi connectivity index (χ0n) is 11.9. The second-order valence-electron chi connectivity index (χ2n) is 5.34. The van der Waals surface area contributed by atoms with Gasteiger partial charge < -0.3 is 10.4 Å². The minimum Gasteiger partial charge on any atom is -0.390 e. The molecule has 0 aromatic heterocycles. The number of aliphatic hydroxyl groups excluding tert-OH is 1.